The topological polar surface area (TPSA) is 81.5 Å². The average molecular weight is 410 g/mol. The normalized spacial score (nSPS) is 11.2. The fourth-order valence-electron chi connectivity index (χ4n) is 2.56. The first kappa shape index (κ1) is 20.5. The molecule has 0 aliphatic carbocycles. The van der Waals surface area contributed by atoms with Crippen LogP contribution < -0.4 is 4.74 Å². The zero-order valence-corrected chi connectivity index (χ0v) is 17.3. The molecule has 3 rings (SSSR count). The van der Waals surface area contributed by atoms with E-state index in [-0.39, 0.29) is 12.7 Å². The highest BCUT2D eigenvalue weighted by molar-refractivity contribution is 7.71. The number of aromatic nitrogens is 3. The lowest BCUT2D eigenvalue weighted by Crippen LogP contribution is -2.19. The largest absolute Gasteiger partial charge is 0.481 e. The summed E-state index contributed by atoms with van der Waals surface area (Å²) in [6.07, 6.45) is 1.43. The number of benzene rings is 2. The van der Waals surface area contributed by atoms with Gasteiger partial charge in [0, 0.05) is 11.1 Å². The van der Waals surface area contributed by atoms with Gasteiger partial charge in [-0.15, -0.1) is 0 Å². The van der Waals surface area contributed by atoms with Crippen LogP contribution in [0.1, 0.15) is 25.0 Å². The maximum absolute atomic E-state index is 11.7. The Morgan fingerprint density at radius 1 is 1.24 bits per heavy atom. The van der Waals surface area contributed by atoms with Gasteiger partial charge in [-0.2, -0.15) is 14.9 Å². The number of esters is 1. The van der Waals surface area contributed by atoms with Crippen molar-refractivity contribution in [3.05, 3.63) is 64.4 Å². The second-order valence-corrected chi connectivity index (χ2v) is 7.03. The van der Waals surface area contributed by atoms with Gasteiger partial charge in [-0.05, 0) is 45.1 Å². The van der Waals surface area contributed by atoms with E-state index in [1.807, 2.05) is 49.4 Å². The predicted molar refractivity (Wildman–Crippen MR) is 114 cm³/mol. The number of rotatable bonds is 7. The Bertz CT molecular complexity index is 1070. The van der Waals surface area contributed by atoms with E-state index in [1.165, 1.54) is 0 Å². The molecule has 0 unspecified atom stereocenters. The van der Waals surface area contributed by atoms with Crippen LogP contribution in [-0.4, -0.2) is 39.8 Å². The van der Waals surface area contributed by atoms with Gasteiger partial charge >= 0.3 is 5.97 Å². The standard InChI is InChI=1S/C21H22N4O3S/c1-14(2)28-19(26)13-27-18-7-5-4-6-17(18)12-22-25-20(23-24-21(25)29)16-10-8-15(3)9-11-16/h4-12,14H,13H2,1-3H3,(H,24,29). The third-order valence-corrected chi connectivity index (χ3v) is 4.17. The van der Waals surface area contributed by atoms with Crippen LogP contribution in [0.5, 0.6) is 5.75 Å². The smallest absolute Gasteiger partial charge is 0.344 e. The first-order chi connectivity index (χ1) is 13.9. The summed E-state index contributed by atoms with van der Waals surface area (Å²) in [7, 11) is 0. The van der Waals surface area contributed by atoms with E-state index in [9.17, 15) is 4.79 Å². The van der Waals surface area contributed by atoms with Crippen molar-refractivity contribution >= 4 is 24.4 Å². The van der Waals surface area contributed by atoms with Gasteiger partial charge in [0.2, 0.25) is 4.77 Å². The van der Waals surface area contributed by atoms with Crippen LogP contribution in [0.3, 0.4) is 0 Å². The number of nitrogens with one attached hydrogen (secondary N) is 1. The SMILES string of the molecule is Cc1ccc(-c2n[nH]c(=S)n2N=Cc2ccccc2OCC(=O)OC(C)C)cc1. The number of hydrogen-bond donors (Lipinski definition) is 1. The van der Waals surface area contributed by atoms with Gasteiger partial charge < -0.3 is 9.47 Å². The van der Waals surface area contributed by atoms with Crippen molar-refractivity contribution < 1.29 is 14.3 Å². The number of carbonyl (C=O) groups excluding carboxylic acids is 1. The highest BCUT2D eigenvalue weighted by Crippen LogP contribution is 2.19. The average Bonchev–Trinajstić information content (AvgIpc) is 3.06. The molecule has 1 heterocycles. The third-order valence-electron chi connectivity index (χ3n) is 3.90. The maximum Gasteiger partial charge on any atom is 0.344 e. The summed E-state index contributed by atoms with van der Waals surface area (Å²) in [6, 6.07) is 15.2. The Hall–Kier alpha value is -3.26. The zero-order valence-electron chi connectivity index (χ0n) is 16.5. The van der Waals surface area contributed by atoms with E-state index in [0.29, 0.717) is 21.9 Å². The van der Waals surface area contributed by atoms with E-state index in [4.69, 9.17) is 21.7 Å². The van der Waals surface area contributed by atoms with Crippen LogP contribution in [0.25, 0.3) is 11.4 Å². The monoisotopic (exact) mass is 410 g/mol. The first-order valence-corrected chi connectivity index (χ1v) is 9.55. The summed E-state index contributed by atoms with van der Waals surface area (Å²) >= 11 is 5.31. The minimum atomic E-state index is -0.426. The van der Waals surface area contributed by atoms with Gasteiger partial charge in [0.25, 0.3) is 0 Å². The Labute approximate surface area is 174 Å². The molecule has 1 N–H and O–H groups in total. The van der Waals surface area contributed by atoms with Crippen LogP contribution >= 0.6 is 12.2 Å². The van der Waals surface area contributed by atoms with Crippen LogP contribution in [0.15, 0.2) is 53.6 Å². The van der Waals surface area contributed by atoms with Gasteiger partial charge in [0.1, 0.15) is 5.75 Å². The third kappa shape index (κ3) is 5.39. The molecule has 29 heavy (non-hydrogen) atoms. The maximum atomic E-state index is 11.7. The molecule has 3 aromatic rings. The molecule has 0 amide bonds. The van der Waals surface area contributed by atoms with Crippen LogP contribution in [0.4, 0.5) is 0 Å². The van der Waals surface area contributed by atoms with Crippen LogP contribution in [0.2, 0.25) is 0 Å². The molecule has 0 saturated carbocycles. The number of carbonyl (C=O) groups is 1. The molecule has 0 aliphatic heterocycles. The molecule has 0 bridgehead atoms. The molecule has 0 atom stereocenters. The van der Waals surface area contributed by atoms with Crippen molar-refractivity contribution in [2.75, 3.05) is 6.61 Å². The lowest BCUT2D eigenvalue weighted by molar-refractivity contribution is -0.149. The van der Waals surface area contributed by atoms with Crippen molar-refractivity contribution in [2.24, 2.45) is 5.10 Å². The molecule has 0 aliphatic rings. The van der Waals surface area contributed by atoms with E-state index >= 15 is 0 Å². The zero-order chi connectivity index (χ0) is 20.8. The number of aryl methyl sites for hydroxylation is 1. The minimum Gasteiger partial charge on any atom is -0.481 e. The van der Waals surface area contributed by atoms with Gasteiger partial charge in [0.15, 0.2) is 12.4 Å². The Morgan fingerprint density at radius 2 is 1.97 bits per heavy atom. The lowest BCUT2D eigenvalue weighted by atomic mass is 10.1. The molecular weight excluding hydrogens is 388 g/mol. The Kier molecular flexibility index (Phi) is 6.56. The fourth-order valence-corrected chi connectivity index (χ4v) is 2.74. The van der Waals surface area contributed by atoms with Crippen molar-refractivity contribution in [1.29, 1.82) is 0 Å². The number of H-pyrrole nitrogens is 1. The molecule has 7 nitrogen and oxygen atoms in total. The number of hydrogen-bond acceptors (Lipinski definition) is 6. The molecule has 0 radical (unpaired) electrons. The number of para-hydroxylation sites is 1. The molecule has 0 saturated heterocycles. The lowest BCUT2D eigenvalue weighted by Gasteiger charge is -2.10. The van der Waals surface area contributed by atoms with E-state index in [0.717, 1.165) is 11.1 Å². The quantitative estimate of drug-likeness (QED) is 0.360. The van der Waals surface area contributed by atoms with Crippen molar-refractivity contribution in [3.8, 4) is 17.1 Å². The summed E-state index contributed by atoms with van der Waals surface area (Å²) in [5, 5.41) is 11.5. The highest BCUT2D eigenvalue weighted by Gasteiger charge is 2.10. The van der Waals surface area contributed by atoms with Gasteiger partial charge in [-0.25, -0.2) is 9.89 Å². The van der Waals surface area contributed by atoms with Gasteiger partial charge in [0.05, 0.1) is 12.3 Å². The second kappa shape index (κ2) is 9.29. The van der Waals surface area contributed by atoms with Gasteiger partial charge in [-0.1, -0.05) is 42.0 Å². The molecular formula is C21H22N4O3S. The summed E-state index contributed by atoms with van der Waals surface area (Å²) in [5.74, 6) is 0.694. The second-order valence-electron chi connectivity index (χ2n) is 6.64. The molecule has 0 fully saturated rings. The summed E-state index contributed by atoms with van der Waals surface area (Å²) in [5.41, 5.74) is 2.74. The van der Waals surface area contributed by atoms with E-state index in [2.05, 4.69) is 15.3 Å². The van der Waals surface area contributed by atoms with E-state index < -0.39 is 5.97 Å². The van der Waals surface area contributed by atoms with E-state index in [1.54, 1.807) is 30.8 Å². The summed E-state index contributed by atoms with van der Waals surface area (Å²) in [6.45, 7) is 5.42. The van der Waals surface area contributed by atoms with Crippen molar-refractivity contribution in [3.63, 3.8) is 0 Å². The summed E-state index contributed by atoms with van der Waals surface area (Å²) in [4.78, 5) is 11.7. The number of aromatic amines is 1. The minimum absolute atomic E-state index is 0.178. The highest BCUT2D eigenvalue weighted by atomic mass is 32.1. The molecule has 2 aromatic carbocycles. The Balaban J connectivity index is 1.83. The van der Waals surface area contributed by atoms with Crippen molar-refractivity contribution in [2.45, 2.75) is 26.9 Å². The van der Waals surface area contributed by atoms with Crippen LogP contribution in [0, 0.1) is 11.7 Å². The van der Waals surface area contributed by atoms with Gasteiger partial charge in [-0.3, -0.25) is 0 Å². The molecule has 0 spiro atoms. The summed E-state index contributed by atoms with van der Waals surface area (Å²) < 4.78 is 12.6. The van der Waals surface area contributed by atoms with Crippen molar-refractivity contribution in [1.82, 2.24) is 14.9 Å². The Morgan fingerprint density at radius 3 is 2.69 bits per heavy atom. The molecule has 150 valence electrons. The first-order valence-electron chi connectivity index (χ1n) is 9.14. The number of nitrogens with zero attached hydrogens (tertiary/aromatic N) is 3. The molecule has 1 aromatic heterocycles. The van der Waals surface area contributed by atoms with Crippen LogP contribution in [-0.2, 0) is 9.53 Å². The predicted octanol–water partition coefficient (Wildman–Crippen LogP) is 4.13. The molecule has 8 heteroatoms. The number of ether oxygens (including phenoxy) is 2. The fraction of sp³-hybridized carbons (Fsp3) is 0.238.